The van der Waals surface area contributed by atoms with Crippen LogP contribution in [-0.4, -0.2) is 87.3 Å². The first kappa shape index (κ1) is 27.6. The molecule has 0 unspecified atom stereocenters. The number of aromatic nitrogens is 3. The number of methoxy groups -OCH3 is 1. The van der Waals surface area contributed by atoms with Gasteiger partial charge in [-0.2, -0.15) is 9.97 Å². The Bertz CT molecular complexity index is 1540. The first-order chi connectivity index (χ1) is 20.0. The molecule has 4 aromatic rings. The van der Waals surface area contributed by atoms with Gasteiger partial charge in [0.05, 0.1) is 18.6 Å². The van der Waals surface area contributed by atoms with Crippen LogP contribution < -0.4 is 14.4 Å². The Morgan fingerprint density at radius 3 is 2.71 bits per heavy atom. The molecular weight excluding hydrogens is 525 g/mol. The van der Waals surface area contributed by atoms with Crippen molar-refractivity contribution in [3.8, 4) is 23.0 Å². The van der Waals surface area contributed by atoms with E-state index in [0.717, 1.165) is 43.1 Å². The summed E-state index contributed by atoms with van der Waals surface area (Å²) >= 11 is 0. The Kier molecular flexibility index (Phi) is 7.88. The number of hydrogen-bond acceptors (Lipinski definition) is 9. The quantitative estimate of drug-likeness (QED) is 0.251. The molecule has 0 bridgehead atoms. The highest BCUT2D eigenvalue weighted by Crippen LogP contribution is 2.46. The maximum atomic E-state index is 16.6. The second kappa shape index (κ2) is 11.7. The molecule has 1 saturated heterocycles. The van der Waals surface area contributed by atoms with Crippen LogP contribution in [0, 0.1) is 11.2 Å². The molecule has 6 rings (SSSR count). The largest absolute Gasteiger partial charge is 0.468 e. The van der Waals surface area contributed by atoms with Crippen molar-refractivity contribution < 1.29 is 23.3 Å². The molecular formula is C31H36FN5O4. The van der Waals surface area contributed by atoms with E-state index in [-0.39, 0.29) is 29.4 Å². The average Bonchev–Trinajstić information content (AvgIpc) is 3.78. The van der Waals surface area contributed by atoms with Gasteiger partial charge in [-0.15, -0.1) is 0 Å². The lowest BCUT2D eigenvalue weighted by Gasteiger charge is -2.24. The van der Waals surface area contributed by atoms with E-state index in [4.69, 9.17) is 23.9 Å². The van der Waals surface area contributed by atoms with E-state index in [1.807, 2.05) is 30.3 Å². The van der Waals surface area contributed by atoms with Crippen LogP contribution in [-0.2, 0) is 9.47 Å². The highest BCUT2D eigenvalue weighted by Gasteiger charge is 2.44. The van der Waals surface area contributed by atoms with Crippen molar-refractivity contribution in [3.63, 3.8) is 0 Å². The molecule has 3 heterocycles. The summed E-state index contributed by atoms with van der Waals surface area (Å²) in [5, 5.41) is 2.31. The number of hydrogen-bond donors (Lipinski definition) is 0. The number of pyridine rings is 1. The van der Waals surface area contributed by atoms with E-state index in [9.17, 15) is 0 Å². The monoisotopic (exact) mass is 561 g/mol. The molecule has 0 N–H and O–H groups in total. The molecule has 9 nitrogen and oxygen atoms in total. The number of ether oxygens (including phenoxy) is 4. The van der Waals surface area contributed by atoms with Crippen LogP contribution in [0.15, 0.2) is 42.6 Å². The lowest BCUT2D eigenvalue weighted by Crippen LogP contribution is -2.29. The highest BCUT2D eigenvalue weighted by molar-refractivity contribution is 6.00. The molecule has 10 heteroatoms. The highest BCUT2D eigenvalue weighted by atomic mass is 19.1. The number of fused-ring (bicyclic) bond motifs is 2. The molecule has 0 radical (unpaired) electrons. The first-order valence-corrected chi connectivity index (χ1v) is 14.1. The van der Waals surface area contributed by atoms with Crippen LogP contribution in [0.2, 0.25) is 0 Å². The minimum absolute atomic E-state index is 0.0809. The third kappa shape index (κ3) is 5.91. The van der Waals surface area contributed by atoms with Gasteiger partial charge in [0.25, 0.3) is 0 Å². The fourth-order valence-electron chi connectivity index (χ4n) is 5.58. The van der Waals surface area contributed by atoms with Crippen molar-refractivity contribution >= 4 is 27.5 Å². The van der Waals surface area contributed by atoms with Crippen LogP contribution in [0.5, 0.6) is 11.8 Å². The summed E-state index contributed by atoms with van der Waals surface area (Å²) in [7, 11) is 5.69. The van der Waals surface area contributed by atoms with Gasteiger partial charge in [-0.3, -0.25) is 4.98 Å². The third-order valence-electron chi connectivity index (χ3n) is 7.72. The summed E-state index contributed by atoms with van der Waals surface area (Å²) < 4.78 is 39.3. The molecule has 0 atom stereocenters. The van der Waals surface area contributed by atoms with Gasteiger partial charge in [0.1, 0.15) is 22.8 Å². The zero-order valence-corrected chi connectivity index (χ0v) is 23.9. The number of halogens is 1. The van der Waals surface area contributed by atoms with Gasteiger partial charge in [0.2, 0.25) is 0 Å². The van der Waals surface area contributed by atoms with Gasteiger partial charge in [-0.1, -0.05) is 24.3 Å². The van der Waals surface area contributed by atoms with Crippen molar-refractivity contribution in [3.05, 3.63) is 48.4 Å². The molecule has 1 aliphatic heterocycles. The Labute approximate surface area is 239 Å². The Morgan fingerprint density at radius 2 is 1.90 bits per heavy atom. The Morgan fingerprint density at radius 1 is 1.05 bits per heavy atom. The zero-order valence-electron chi connectivity index (χ0n) is 23.9. The summed E-state index contributed by atoms with van der Waals surface area (Å²) in [6.45, 7) is 4.13. The predicted molar refractivity (Wildman–Crippen MR) is 156 cm³/mol. The summed E-state index contributed by atoms with van der Waals surface area (Å²) in [4.78, 5) is 18.4. The molecule has 2 fully saturated rings. The third-order valence-corrected chi connectivity index (χ3v) is 7.72. The van der Waals surface area contributed by atoms with E-state index >= 15 is 4.39 Å². The van der Waals surface area contributed by atoms with E-state index in [1.165, 1.54) is 0 Å². The molecule has 216 valence electrons. The molecule has 1 aliphatic carbocycles. The van der Waals surface area contributed by atoms with Gasteiger partial charge in [0.15, 0.2) is 12.6 Å². The van der Waals surface area contributed by atoms with E-state index in [2.05, 4.69) is 33.9 Å². The van der Waals surface area contributed by atoms with Crippen molar-refractivity contribution in [1.82, 2.24) is 19.9 Å². The van der Waals surface area contributed by atoms with Gasteiger partial charge in [0, 0.05) is 50.5 Å². The minimum Gasteiger partial charge on any atom is -0.468 e. The Hall–Kier alpha value is -3.60. The maximum Gasteiger partial charge on any atom is 0.319 e. The second-order valence-electron chi connectivity index (χ2n) is 11.2. The van der Waals surface area contributed by atoms with E-state index < -0.39 is 5.82 Å². The van der Waals surface area contributed by atoms with E-state index in [0.29, 0.717) is 48.9 Å². The Balaban J connectivity index is 1.46. The van der Waals surface area contributed by atoms with Gasteiger partial charge < -0.3 is 28.7 Å². The molecule has 1 saturated carbocycles. The summed E-state index contributed by atoms with van der Waals surface area (Å²) in [6.07, 6.45) is 4.70. The van der Waals surface area contributed by atoms with Crippen LogP contribution in [0.3, 0.4) is 0 Å². The lowest BCUT2D eigenvalue weighted by atomic mass is 10.00. The topological polar surface area (TPSA) is 82.1 Å². The van der Waals surface area contributed by atoms with E-state index in [1.54, 1.807) is 19.4 Å². The van der Waals surface area contributed by atoms with Gasteiger partial charge >= 0.3 is 6.01 Å². The fraction of sp³-hybridized carbons (Fsp3) is 0.452. The number of benzene rings is 2. The summed E-state index contributed by atoms with van der Waals surface area (Å²) in [5.74, 6) is 0.660. The SMILES string of the molecule is COCOc1cc(-c2ncc3c(N4CCCOCC4)nc(OCC4(CN(C)C)CC4)nc3c2F)c2ccccc2c1. The van der Waals surface area contributed by atoms with Crippen LogP contribution in [0.25, 0.3) is 32.9 Å². The van der Waals surface area contributed by atoms with Crippen LogP contribution in [0.4, 0.5) is 10.2 Å². The molecule has 2 aliphatic rings. The van der Waals surface area contributed by atoms with Crippen molar-refractivity contribution in [2.75, 3.05) is 72.4 Å². The smallest absolute Gasteiger partial charge is 0.319 e. The summed E-state index contributed by atoms with van der Waals surface area (Å²) in [5.41, 5.74) is 1.08. The first-order valence-electron chi connectivity index (χ1n) is 14.1. The van der Waals surface area contributed by atoms with Crippen LogP contribution >= 0.6 is 0 Å². The lowest BCUT2D eigenvalue weighted by molar-refractivity contribution is 0.0512. The molecule has 2 aromatic heterocycles. The van der Waals surface area contributed by atoms with Crippen molar-refractivity contribution in [2.45, 2.75) is 19.3 Å². The molecule has 0 amide bonds. The number of nitrogens with zero attached hydrogens (tertiary/aromatic N) is 5. The van der Waals surface area contributed by atoms with Crippen LogP contribution in [0.1, 0.15) is 19.3 Å². The molecule has 2 aromatic carbocycles. The number of anilines is 1. The average molecular weight is 562 g/mol. The predicted octanol–water partition coefficient (Wildman–Crippen LogP) is 4.91. The normalized spacial score (nSPS) is 16.8. The fourth-order valence-corrected chi connectivity index (χ4v) is 5.58. The molecule has 41 heavy (non-hydrogen) atoms. The van der Waals surface area contributed by atoms with Crippen molar-refractivity contribution in [2.24, 2.45) is 5.41 Å². The minimum atomic E-state index is -0.523. The standard InChI is InChI=1S/C31H36FN5O4/c1-36(2)18-31(9-10-31)19-40-30-34-28-25(29(35-30)37-11-6-13-39-14-12-37)17-33-27(26(28)32)24-16-22(41-20-38-3)15-21-7-4-5-8-23(21)24/h4-5,7-8,15-17H,6,9-14,18-20H2,1-3H3. The maximum absolute atomic E-state index is 16.6. The summed E-state index contributed by atoms with van der Waals surface area (Å²) in [6, 6.07) is 11.7. The van der Waals surface area contributed by atoms with Crippen molar-refractivity contribution in [1.29, 1.82) is 0 Å². The molecule has 0 spiro atoms. The van der Waals surface area contributed by atoms with Gasteiger partial charge in [-0.25, -0.2) is 4.39 Å². The second-order valence-corrected chi connectivity index (χ2v) is 11.2. The number of rotatable bonds is 10. The van der Waals surface area contributed by atoms with Gasteiger partial charge in [-0.05, 0) is 56.3 Å². The zero-order chi connectivity index (χ0) is 28.4.